The van der Waals surface area contributed by atoms with Gasteiger partial charge in [-0.1, -0.05) is 97.9 Å². The quantitative estimate of drug-likeness (QED) is 0.114. The summed E-state index contributed by atoms with van der Waals surface area (Å²) in [5, 5.41) is 18.8. The number of carboxylic acids is 1. The van der Waals surface area contributed by atoms with Crippen LogP contribution >= 0.6 is 11.8 Å². The van der Waals surface area contributed by atoms with E-state index in [9.17, 15) is 23.4 Å². The Morgan fingerprint density at radius 3 is 2.12 bits per heavy atom. The van der Waals surface area contributed by atoms with Crippen molar-refractivity contribution in [2.45, 2.75) is 48.4 Å². The predicted molar refractivity (Wildman–Crippen MR) is 189 cm³/mol. The van der Waals surface area contributed by atoms with E-state index >= 15 is 0 Å². The van der Waals surface area contributed by atoms with Gasteiger partial charge in [-0.3, -0.25) is 0 Å². The number of hydrogen-bond donors (Lipinski definition) is 3. The van der Waals surface area contributed by atoms with Crippen LogP contribution < -0.4 is 4.72 Å². The lowest BCUT2D eigenvalue weighted by Gasteiger charge is -2.41. The maximum absolute atomic E-state index is 12.9. The van der Waals surface area contributed by atoms with Crippen molar-refractivity contribution in [3.05, 3.63) is 155 Å². The fraction of sp³-hybridized carbons (Fsp3) is 0.205. The molecule has 4 atom stereocenters. The number of sulfonamides is 1. The Bertz CT molecular complexity index is 1970. The minimum atomic E-state index is -3.67. The van der Waals surface area contributed by atoms with Gasteiger partial charge in [-0.2, -0.15) is 0 Å². The molecule has 1 aliphatic rings. The Morgan fingerprint density at radius 1 is 0.796 bits per heavy atom. The van der Waals surface area contributed by atoms with Crippen LogP contribution in [0, 0.1) is 5.92 Å². The minimum Gasteiger partial charge on any atom is -0.478 e. The third-order valence-electron chi connectivity index (χ3n) is 8.66. The van der Waals surface area contributed by atoms with Crippen LogP contribution in [0.3, 0.4) is 0 Å². The number of ether oxygens (including phenoxy) is 2. The van der Waals surface area contributed by atoms with Gasteiger partial charge in [0.1, 0.15) is 0 Å². The zero-order chi connectivity index (χ0) is 34.4. The van der Waals surface area contributed by atoms with E-state index in [-0.39, 0.29) is 41.7 Å². The van der Waals surface area contributed by atoms with Gasteiger partial charge in [0, 0.05) is 28.7 Å². The van der Waals surface area contributed by atoms with E-state index in [4.69, 9.17) is 9.47 Å². The number of thioether (sulfide) groups is 1. The number of nitrogens with one attached hydrogen (secondary N) is 1. The molecule has 0 aliphatic carbocycles. The lowest BCUT2D eigenvalue weighted by Crippen LogP contribution is -2.38. The van der Waals surface area contributed by atoms with Crippen molar-refractivity contribution < 1.29 is 32.9 Å². The van der Waals surface area contributed by atoms with Gasteiger partial charge in [-0.25, -0.2) is 17.9 Å². The van der Waals surface area contributed by atoms with Gasteiger partial charge in [0.2, 0.25) is 10.0 Å². The lowest BCUT2D eigenvalue weighted by atomic mass is 9.91. The number of hydrogen-bond acceptors (Lipinski definition) is 7. The molecule has 1 aliphatic heterocycles. The molecule has 8 nitrogen and oxygen atoms in total. The van der Waals surface area contributed by atoms with Crippen LogP contribution in [0.4, 0.5) is 0 Å². The first-order valence-corrected chi connectivity index (χ1v) is 18.4. The molecule has 4 unspecified atom stereocenters. The van der Waals surface area contributed by atoms with Gasteiger partial charge in [-0.05, 0) is 64.2 Å². The number of aliphatic hydroxyl groups is 1. The van der Waals surface area contributed by atoms with Gasteiger partial charge in [-0.15, -0.1) is 11.8 Å². The van der Waals surface area contributed by atoms with Crippen molar-refractivity contribution in [2.24, 2.45) is 5.92 Å². The summed E-state index contributed by atoms with van der Waals surface area (Å²) in [4.78, 5) is 12.5. The second-order valence-corrected chi connectivity index (χ2v) is 14.7. The molecule has 5 aromatic carbocycles. The molecule has 0 aromatic heterocycles. The fourth-order valence-corrected chi connectivity index (χ4v) is 7.91. The second kappa shape index (κ2) is 15.5. The van der Waals surface area contributed by atoms with Gasteiger partial charge in [0.15, 0.2) is 6.29 Å². The van der Waals surface area contributed by atoms with Crippen molar-refractivity contribution in [3.8, 4) is 11.1 Å². The standard InChI is InChI=1S/C39H37NO7S2/c1-26-36(25-48-33-21-19-30(20-22-33)38(42)43)46-39(47-37(26)29-13-11-27(24-41)12-14-29)31-17-15-28(16-18-31)35-10-6-5-7-32(35)23-40-49(44,45)34-8-3-2-4-9-34/h2-22,26,36-37,39-41H,23-25H2,1H3,(H,42,43). The Kier molecular flexibility index (Phi) is 10.9. The number of aromatic carboxylic acids is 1. The summed E-state index contributed by atoms with van der Waals surface area (Å²) in [5.41, 5.74) is 5.57. The molecule has 252 valence electrons. The van der Waals surface area contributed by atoms with Crippen molar-refractivity contribution in [2.75, 3.05) is 5.75 Å². The van der Waals surface area contributed by atoms with Crippen LogP contribution in [0.1, 0.15) is 51.9 Å². The third-order valence-corrected chi connectivity index (χ3v) is 11.2. The Labute approximate surface area is 290 Å². The van der Waals surface area contributed by atoms with Crippen LogP contribution in [0.25, 0.3) is 11.1 Å². The molecule has 3 N–H and O–H groups in total. The first-order valence-electron chi connectivity index (χ1n) is 15.9. The smallest absolute Gasteiger partial charge is 0.335 e. The predicted octanol–water partition coefficient (Wildman–Crippen LogP) is 7.61. The molecule has 0 radical (unpaired) electrons. The van der Waals surface area contributed by atoms with E-state index in [0.29, 0.717) is 5.75 Å². The van der Waals surface area contributed by atoms with Crippen molar-refractivity contribution in [3.63, 3.8) is 0 Å². The van der Waals surface area contributed by atoms with Gasteiger partial charge >= 0.3 is 5.97 Å². The van der Waals surface area contributed by atoms with E-state index in [1.165, 1.54) is 0 Å². The number of carboxylic acid groups (broad SMARTS) is 1. The fourth-order valence-electron chi connectivity index (χ4n) is 5.81. The molecule has 10 heteroatoms. The minimum absolute atomic E-state index is 0.00663. The Balaban J connectivity index is 1.21. The molecular formula is C39H37NO7S2. The van der Waals surface area contributed by atoms with Crippen molar-refractivity contribution in [1.29, 1.82) is 0 Å². The van der Waals surface area contributed by atoms with E-state index in [0.717, 1.165) is 38.3 Å². The number of benzene rings is 5. The van der Waals surface area contributed by atoms with Crippen LogP contribution in [0.5, 0.6) is 0 Å². The molecule has 49 heavy (non-hydrogen) atoms. The van der Waals surface area contributed by atoms with Gasteiger partial charge in [0.25, 0.3) is 0 Å². The molecule has 0 bridgehead atoms. The van der Waals surface area contributed by atoms with Gasteiger partial charge in [0.05, 0.1) is 29.3 Å². The summed E-state index contributed by atoms with van der Waals surface area (Å²) in [6.45, 7) is 2.20. The van der Waals surface area contributed by atoms with Crippen LogP contribution in [0.15, 0.2) is 137 Å². The lowest BCUT2D eigenvalue weighted by molar-refractivity contribution is -0.268. The summed E-state index contributed by atoms with van der Waals surface area (Å²) in [6, 6.07) is 38.5. The first-order chi connectivity index (χ1) is 23.7. The molecule has 1 heterocycles. The van der Waals surface area contributed by atoms with Crippen LogP contribution in [0.2, 0.25) is 0 Å². The number of rotatable bonds is 12. The molecule has 0 saturated carbocycles. The average molecular weight is 696 g/mol. The number of carbonyl (C=O) groups is 1. The zero-order valence-corrected chi connectivity index (χ0v) is 28.4. The number of aliphatic hydroxyl groups excluding tert-OH is 1. The van der Waals surface area contributed by atoms with E-state index in [2.05, 4.69) is 11.6 Å². The average Bonchev–Trinajstić information content (AvgIpc) is 3.14. The summed E-state index contributed by atoms with van der Waals surface area (Å²) < 4.78 is 41.7. The molecule has 6 rings (SSSR count). The summed E-state index contributed by atoms with van der Waals surface area (Å²) in [5.74, 6) is -0.339. The maximum Gasteiger partial charge on any atom is 0.335 e. The van der Waals surface area contributed by atoms with Crippen LogP contribution in [-0.2, 0) is 32.6 Å². The van der Waals surface area contributed by atoms with Crippen molar-refractivity contribution >= 4 is 27.8 Å². The largest absolute Gasteiger partial charge is 0.478 e. The van der Waals surface area contributed by atoms with E-state index in [1.54, 1.807) is 54.2 Å². The SMILES string of the molecule is CC1C(CSc2ccc(C(=O)O)cc2)OC(c2ccc(-c3ccccc3CNS(=O)(=O)c3ccccc3)cc2)OC1c1ccc(CO)cc1. The van der Waals surface area contributed by atoms with Gasteiger partial charge < -0.3 is 19.7 Å². The molecule has 0 spiro atoms. The molecule has 1 saturated heterocycles. The third kappa shape index (κ3) is 8.30. The molecular weight excluding hydrogens is 659 g/mol. The Hall–Kier alpha value is -4.29. The highest BCUT2D eigenvalue weighted by Crippen LogP contribution is 2.43. The topological polar surface area (TPSA) is 122 Å². The van der Waals surface area contributed by atoms with E-state index < -0.39 is 22.3 Å². The summed E-state index contributed by atoms with van der Waals surface area (Å²) in [6.07, 6.45) is -1.12. The molecule has 5 aromatic rings. The van der Waals surface area contributed by atoms with E-state index in [1.807, 2.05) is 84.9 Å². The summed E-state index contributed by atoms with van der Waals surface area (Å²) in [7, 11) is -3.67. The molecule has 1 fully saturated rings. The van der Waals surface area contributed by atoms with Crippen molar-refractivity contribution in [1.82, 2.24) is 4.72 Å². The second-order valence-electron chi connectivity index (χ2n) is 11.9. The first kappa shape index (κ1) is 34.6. The normalized spacial score (nSPS) is 19.4. The Morgan fingerprint density at radius 2 is 1.45 bits per heavy atom. The maximum atomic E-state index is 12.9. The monoisotopic (exact) mass is 695 g/mol. The zero-order valence-electron chi connectivity index (χ0n) is 26.8. The highest BCUT2D eigenvalue weighted by atomic mass is 32.2. The van der Waals surface area contributed by atoms with Crippen LogP contribution in [-0.4, -0.2) is 36.5 Å². The summed E-state index contributed by atoms with van der Waals surface area (Å²) >= 11 is 1.60. The highest BCUT2D eigenvalue weighted by molar-refractivity contribution is 7.99. The molecule has 0 amide bonds. The highest BCUT2D eigenvalue weighted by Gasteiger charge is 2.38.